The lowest BCUT2D eigenvalue weighted by molar-refractivity contribution is -0.384. The lowest BCUT2D eigenvalue weighted by atomic mass is 9.43. The zero-order chi connectivity index (χ0) is 19.6. The number of nitrogens with zero attached hydrogens (tertiary/aromatic N) is 1. The number of carbonyl (C=O) groups excluding carboxylic acids is 1. The molecule has 0 spiro atoms. The van der Waals surface area contributed by atoms with Crippen molar-refractivity contribution < 1.29 is 9.72 Å². The topological polar surface area (TPSA) is 60.2 Å². The Kier molecular flexibility index (Phi) is 5.12. The number of hydrogen-bond donors (Lipinski definition) is 0. The van der Waals surface area contributed by atoms with Crippen LogP contribution in [0.2, 0.25) is 0 Å². The number of allylic oxidation sites excluding steroid dienone is 1. The number of carbonyl (C=O) groups is 1. The molecule has 0 saturated heterocycles. The van der Waals surface area contributed by atoms with Crippen molar-refractivity contribution in [1.29, 1.82) is 0 Å². The van der Waals surface area contributed by atoms with Crippen molar-refractivity contribution in [3.05, 3.63) is 81.9 Å². The summed E-state index contributed by atoms with van der Waals surface area (Å²) in [5, 5.41) is 10.7. The fraction of sp³-hybridized carbons (Fsp3) is 0.375. The summed E-state index contributed by atoms with van der Waals surface area (Å²) in [6.45, 7) is 0. The number of rotatable bonds is 7. The van der Waals surface area contributed by atoms with Crippen molar-refractivity contribution in [2.24, 2.45) is 11.3 Å². The number of fused-ring (bicyclic) bond motifs is 2. The number of hydrogen-bond acceptors (Lipinski definition) is 3. The first-order valence-electron chi connectivity index (χ1n) is 10.1. The predicted molar refractivity (Wildman–Crippen MR) is 110 cm³/mol. The smallest absolute Gasteiger partial charge is 0.269 e. The SMILES string of the molecule is O=C1[C@H]2CCC[C@]1(CCC/C=C/c1ccc([N+](=O)[O-])cc1)[C@H]2c1ccccc1. The minimum absolute atomic E-state index is 0.110. The van der Waals surface area contributed by atoms with Gasteiger partial charge >= 0.3 is 0 Å². The van der Waals surface area contributed by atoms with Crippen molar-refractivity contribution in [2.75, 3.05) is 0 Å². The molecule has 0 amide bonds. The second-order valence-electron chi connectivity index (χ2n) is 8.05. The second kappa shape index (κ2) is 7.70. The maximum Gasteiger partial charge on any atom is 0.269 e. The van der Waals surface area contributed by atoms with E-state index in [1.165, 1.54) is 24.1 Å². The zero-order valence-corrected chi connectivity index (χ0v) is 15.9. The van der Waals surface area contributed by atoms with Crippen LogP contribution in [0.1, 0.15) is 55.6 Å². The van der Waals surface area contributed by atoms with Gasteiger partial charge in [-0.1, -0.05) is 48.9 Å². The number of ketones is 1. The lowest BCUT2D eigenvalue weighted by Gasteiger charge is -2.58. The van der Waals surface area contributed by atoms with Gasteiger partial charge in [0.05, 0.1) is 4.92 Å². The van der Waals surface area contributed by atoms with Crippen LogP contribution in [0.15, 0.2) is 60.7 Å². The van der Waals surface area contributed by atoms with Crippen molar-refractivity contribution in [3.63, 3.8) is 0 Å². The third kappa shape index (κ3) is 3.28. The van der Waals surface area contributed by atoms with Gasteiger partial charge in [0, 0.05) is 29.4 Å². The fourth-order valence-electron chi connectivity index (χ4n) is 5.25. The Hall–Kier alpha value is -2.75. The molecule has 4 rings (SSSR count). The van der Waals surface area contributed by atoms with Crippen LogP contribution in [0.3, 0.4) is 0 Å². The van der Waals surface area contributed by atoms with Crippen LogP contribution in [-0.2, 0) is 4.79 Å². The number of benzene rings is 2. The number of nitro groups is 1. The Morgan fingerprint density at radius 2 is 1.86 bits per heavy atom. The Morgan fingerprint density at radius 1 is 1.11 bits per heavy atom. The molecule has 2 bridgehead atoms. The van der Waals surface area contributed by atoms with E-state index in [-0.39, 0.29) is 21.9 Å². The summed E-state index contributed by atoms with van der Waals surface area (Å²) in [6, 6.07) is 17.1. The molecule has 2 fully saturated rings. The van der Waals surface area contributed by atoms with Crippen LogP contribution in [-0.4, -0.2) is 10.7 Å². The predicted octanol–water partition coefficient (Wildman–Crippen LogP) is 5.93. The maximum absolute atomic E-state index is 12.8. The number of Topliss-reactive ketones (excluding diaryl/α,β-unsaturated/α-hetero) is 1. The molecule has 3 atom stereocenters. The van der Waals surface area contributed by atoms with Gasteiger partial charge in [0.25, 0.3) is 5.69 Å². The van der Waals surface area contributed by atoms with E-state index in [1.54, 1.807) is 12.1 Å². The highest BCUT2D eigenvalue weighted by atomic mass is 16.6. The van der Waals surface area contributed by atoms with Crippen LogP contribution >= 0.6 is 0 Å². The maximum atomic E-state index is 12.8. The molecule has 0 N–H and O–H groups in total. The molecule has 0 aliphatic heterocycles. The van der Waals surface area contributed by atoms with Gasteiger partial charge in [-0.15, -0.1) is 0 Å². The van der Waals surface area contributed by atoms with Crippen LogP contribution in [0, 0.1) is 21.4 Å². The summed E-state index contributed by atoms with van der Waals surface area (Å²) < 4.78 is 0. The van der Waals surface area contributed by atoms with Gasteiger partial charge in [0.2, 0.25) is 0 Å². The molecule has 144 valence electrons. The second-order valence-corrected chi connectivity index (χ2v) is 8.05. The van der Waals surface area contributed by atoms with E-state index < -0.39 is 0 Å². The third-order valence-corrected chi connectivity index (χ3v) is 6.53. The molecule has 0 radical (unpaired) electrons. The molecular weight excluding hydrogens is 350 g/mol. The van der Waals surface area contributed by atoms with Gasteiger partial charge in [0.15, 0.2) is 0 Å². The monoisotopic (exact) mass is 375 g/mol. The molecule has 0 unspecified atom stereocenters. The largest absolute Gasteiger partial charge is 0.299 e. The minimum atomic E-state index is -0.386. The Labute approximate surface area is 165 Å². The highest BCUT2D eigenvalue weighted by molar-refractivity contribution is 5.96. The molecule has 2 aromatic rings. The van der Waals surface area contributed by atoms with Crippen LogP contribution in [0.5, 0.6) is 0 Å². The number of unbranched alkanes of at least 4 members (excludes halogenated alkanes) is 1. The summed E-state index contributed by atoms with van der Waals surface area (Å²) in [5.41, 5.74) is 2.25. The molecule has 0 heterocycles. The van der Waals surface area contributed by atoms with Gasteiger partial charge in [-0.25, -0.2) is 0 Å². The standard InChI is InChI=1S/C24H25NO3/c26-23-21-11-7-17-24(23,22(21)19-9-4-1-5-10-19)16-6-2-3-8-18-12-14-20(15-13-18)25(27)28/h1,3-5,8-10,12-15,21-22H,2,6-7,11,16-17H2/b8-3+/t21-,22-,24+/m0/s1. The molecule has 28 heavy (non-hydrogen) atoms. The third-order valence-electron chi connectivity index (χ3n) is 6.53. The fourth-order valence-corrected chi connectivity index (χ4v) is 5.25. The summed E-state index contributed by atoms with van der Waals surface area (Å²) in [7, 11) is 0. The van der Waals surface area contributed by atoms with Gasteiger partial charge < -0.3 is 0 Å². The lowest BCUT2D eigenvalue weighted by Crippen LogP contribution is -2.58. The van der Waals surface area contributed by atoms with Gasteiger partial charge in [0.1, 0.15) is 5.78 Å². The van der Waals surface area contributed by atoms with E-state index in [4.69, 9.17) is 0 Å². The molecule has 2 aromatic carbocycles. The molecule has 2 aliphatic rings. The first-order valence-corrected chi connectivity index (χ1v) is 10.1. The molecule has 2 aliphatic carbocycles. The average Bonchev–Trinajstić information content (AvgIpc) is 2.73. The van der Waals surface area contributed by atoms with E-state index >= 15 is 0 Å². The van der Waals surface area contributed by atoms with Gasteiger partial charge in [-0.2, -0.15) is 0 Å². The minimum Gasteiger partial charge on any atom is -0.299 e. The van der Waals surface area contributed by atoms with Crippen molar-refractivity contribution in [1.82, 2.24) is 0 Å². The average molecular weight is 375 g/mol. The van der Waals surface area contributed by atoms with E-state index in [0.717, 1.165) is 37.7 Å². The molecule has 0 aromatic heterocycles. The van der Waals surface area contributed by atoms with E-state index in [1.807, 2.05) is 12.1 Å². The highest BCUT2D eigenvalue weighted by Gasteiger charge is 2.62. The molecular formula is C24H25NO3. The van der Waals surface area contributed by atoms with Crippen LogP contribution in [0.4, 0.5) is 5.69 Å². The first kappa shape index (κ1) is 18.6. The van der Waals surface area contributed by atoms with Crippen LogP contribution in [0.25, 0.3) is 6.08 Å². The zero-order valence-electron chi connectivity index (χ0n) is 15.9. The highest BCUT2D eigenvalue weighted by Crippen LogP contribution is 2.64. The molecule has 4 nitrogen and oxygen atoms in total. The van der Waals surface area contributed by atoms with E-state index in [2.05, 4.69) is 30.3 Å². The normalized spacial score (nSPS) is 26.2. The summed E-state index contributed by atoms with van der Waals surface area (Å²) >= 11 is 0. The Morgan fingerprint density at radius 3 is 2.54 bits per heavy atom. The van der Waals surface area contributed by atoms with Crippen molar-refractivity contribution >= 4 is 17.5 Å². The Balaban J connectivity index is 1.37. The quantitative estimate of drug-likeness (QED) is 0.342. The van der Waals surface area contributed by atoms with Crippen molar-refractivity contribution in [3.8, 4) is 0 Å². The summed E-state index contributed by atoms with van der Waals surface area (Å²) in [5.74, 6) is 1.12. The summed E-state index contributed by atoms with van der Waals surface area (Å²) in [6.07, 6.45) is 10.2. The van der Waals surface area contributed by atoms with Gasteiger partial charge in [-0.3, -0.25) is 14.9 Å². The summed E-state index contributed by atoms with van der Waals surface area (Å²) in [4.78, 5) is 23.2. The first-order chi connectivity index (χ1) is 13.6. The molecule has 4 heteroatoms. The van der Waals surface area contributed by atoms with Crippen LogP contribution < -0.4 is 0 Å². The van der Waals surface area contributed by atoms with Crippen molar-refractivity contribution in [2.45, 2.75) is 44.4 Å². The number of non-ortho nitro benzene ring substituents is 1. The number of nitro benzene ring substituents is 1. The van der Waals surface area contributed by atoms with E-state index in [0.29, 0.717) is 11.7 Å². The molecule has 2 saturated carbocycles. The Bertz CT molecular complexity index is 888. The van der Waals surface area contributed by atoms with Gasteiger partial charge in [-0.05, 0) is 55.4 Å². The van der Waals surface area contributed by atoms with E-state index in [9.17, 15) is 14.9 Å².